The van der Waals surface area contributed by atoms with Crippen molar-refractivity contribution < 1.29 is 13.3 Å². The minimum Gasteiger partial charge on any atom is -0.383 e. The maximum atomic E-state index is 12.4. The van der Waals surface area contributed by atoms with Crippen LogP contribution in [0.4, 0.5) is 11.4 Å². The van der Waals surface area contributed by atoms with Gasteiger partial charge in [0.15, 0.2) is 0 Å². The molecule has 0 atom stereocenters. The first-order valence-corrected chi connectivity index (χ1v) is 8.26. The Kier molecular flexibility index (Phi) is 4.20. The maximum absolute atomic E-state index is 12.4. The molecule has 1 aliphatic carbocycles. The van der Waals surface area contributed by atoms with E-state index in [0.29, 0.717) is 0 Å². The Balaban J connectivity index is 2.36. The lowest BCUT2D eigenvalue weighted by molar-refractivity contribution is -0.384. The number of nitrogens with zero attached hydrogens (tertiary/aromatic N) is 1. The van der Waals surface area contributed by atoms with Crippen LogP contribution in [-0.4, -0.2) is 25.9 Å². The van der Waals surface area contributed by atoms with Crippen LogP contribution in [0.5, 0.6) is 0 Å². The molecule has 116 valence electrons. The van der Waals surface area contributed by atoms with Crippen LogP contribution in [0.2, 0.25) is 0 Å². The molecule has 0 amide bonds. The zero-order valence-corrected chi connectivity index (χ0v) is 12.9. The van der Waals surface area contributed by atoms with Crippen LogP contribution < -0.4 is 10.0 Å². The molecular formula is C13H19N3O4S. The van der Waals surface area contributed by atoms with Gasteiger partial charge in [0.2, 0.25) is 10.0 Å². The first kappa shape index (κ1) is 15.7. The van der Waals surface area contributed by atoms with Crippen LogP contribution >= 0.6 is 0 Å². The highest BCUT2D eigenvalue weighted by atomic mass is 32.2. The average Bonchev–Trinajstić information content (AvgIpc) is 2.83. The lowest BCUT2D eigenvalue weighted by Gasteiger charge is -2.24. The van der Waals surface area contributed by atoms with Crippen LogP contribution in [0.25, 0.3) is 0 Å². The van der Waals surface area contributed by atoms with E-state index in [1.54, 1.807) is 7.05 Å². The summed E-state index contributed by atoms with van der Waals surface area (Å²) in [4.78, 5) is 10.3. The smallest absolute Gasteiger partial charge is 0.293 e. The van der Waals surface area contributed by atoms with Crippen LogP contribution in [0.1, 0.15) is 32.6 Å². The zero-order valence-electron chi connectivity index (χ0n) is 12.0. The molecule has 8 heteroatoms. The molecule has 1 aromatic carbocycles. The van der Waals surface area contributed by atoms with Gasteiger partial charge in [-0.1, -0.05) is 12.8 Å². The maximum Gasteiger partial charge on any atom is 0.293 e. The minimum absolute atomic E-state index is 0.0821. The van der Waals surface area contributed by atoms with Gasteiger partial charge in [0.1, 0.15) is 5.69 Å². The highest BCUT2D eigenvalue weighted by Crippen LogP contribution is 2.32. The van der Waals surface area contributed by atoms with Crippen LogP contribution in [0.15, 0.2) is 23.1 Å². The summed E-state index contributed by atoms with van der Waals surface area (Å²) in [5.74, 6) is 0. The first-order valence-electron chi connectivity index (χ1n) is 6.78. The van der Waals surface area contributed by atoms with Crippen molar-refractivity contribution in [1.82, 2.24) is 4.72 Å². The normalized spacial score (nSPS) is 17.6. The standard InChI is InChI=1S/C13H19N3O4S/c1-13(7-3-4-8-13)15-21(19,20)10-5-6-11(14-2)12(9-10)16(17)18/h5-6,9,14-15H,3-4,7-8H2,1-2H3. The number of rotatable bonds is 5. The quantitative estimate of drug-likeness (QED) is 0.641. The summed E-state index contributed by atoms with van der Waals surface area (Å²) in [7, 11) is -2.22. The van der Waals surface area contributed by atoms with Crippen LogP contribution in [-0.2, 0) is 10.0 Å². The number of hydrogen-bond acceptors (Lipinski definition) is 5. The molecule has 0 saturated heterocycles. The van der Waals surface area contributed by atoms with Crippen LogP contribution in [0.3, 0.4) is 0 Å². The van der Waals surface area contributed by atoms with Gasteiger partial charge in [-0.3, -0.25) is 10.1 Å². The Morgan fingerprint density at radius 3 is 2.43 bits per heavy atom. The SMILES string of the molecule is CNc1ccc(S(=O)(=O)NC2(C)CCCC2)cc1[N+](=O)[O-]. The predicted octanol–water partition coefficient (Wildman–Crippen LogP) is 2.25. The number of nitro benzene ring substituents is 1. The molecule has 1 fully saturated rings. The molecule has 0 unspecified atom stereocenters. The van der Waals surface area contributed by atoms with Gasteiger partial charge in [0, 0.05) is 18.7 Å². The van der Waals surface area contributed by atoms with Crippen molar-refractivity contribution in [3.05, 3.63) is 28.3 Å². The Bertz CT molecular complexity index is 651. The second-order valence-corrected chi connectivity index (χ2v) is 7.24. The van der Waals surface area contributed by atoms with E-state index in [1.807, 2.05) is 6.92 Å². The third-order valence-electron chi connectivity index (χ3n) is 3.83. The number of sulfonamides is 1. The van der Waals surface area contributed by atoms with Gasteiger partial charge >= 0.3 is 0 Å². The summed E-state index contributed by atoms with van der Waals surface area (Å²) in [6.45, 7) is 1.87. The molecule has 7 nitrogen and oxygen atoms in total. The van der Waals surface area contributed by atoms with Crippen molar-refractivity contribution in [3.63, 3.8) is 0 Å². The molecule has 2 rings (SSSR count). The van der Waals surface area contributed by atoms with Gasteiger partial charge < -0.3 is 5.32 Å². The second kappa shape index (κ2) is 5.61. The molecule has 2 N–H and O–H groups in total. The van der Waals surface area contributed by atoms with E-state index in [-0.39, 0.29) is 16.3 Å². The van der Waals surface area contributed by atoms with Crippen molar-refractivity contribution in [2.45, 2.75) is 43.0 Å². The lowest BCUT2D eigenvalue weighted by atomic mass is 10.0. The van der Waals surface area contributed by atoms with Crippen molar-refractivity contribution in [3.8, 4) is 0 Å². The summed E-state index contributed by atoms with van der Waals surface area (Å²) in [6, 6.07) is 3.87. The molecule has 1 aromatic rings. The fourth-order valence-corrected chi connectivity index (χ4v) is 4.17. The molecule has 0 bridgehead atoms. The van der Waals surface area contributed by atoms with E-state index in [1.165, 1.54) is 12.1 Å². The Morgan fingerprint density at radius 2 is 1.90 bits per heavy atom. The van der Waals surface area contributed by atoms with Crippen molar-refractivity contribution in [2.24, 2.45) is 0 Å². The van der Waals surface area contributed by atoms with E-state index in [9.17, 15) is 18.5 Å². The summed E-state index contributed by atoms with van der Waals surface area (Å²) in [5.41, 5.74) is -0.432. The van der Waals surface area contributed by atoms with Crippen LogP contribution in [0, 0.1) is 10.1 Å². The molecule has 0 radical (unpaired) electrons. The summed E-state index contributed by atoms with van der Waals surface area (Å²) in [6.07, 6.45) is 3.53. The highest BCUT2D eigenvalue weighted by molar-refractivity contribution is 7.89. The van der Waals surface area contributed by atoms with Gasteiger partial charge in [0.25, 0.3) is 5.69 Å². The Labute approximate surface area is 123 Å². The van der Waals surface area contributed by atoms with Gasteiger partial charge in [0.05, 0.1) is 9.82 Å². The van der Waals surface area contributed by atoms with E-state index in [2.05, 4.69) is 10.0 Å². The topological polar surface area (TPSA) is 101 Å². The van der Waals surface area contributed by atoms with E-state index in [0.717, 1.165) is 31.7 Å². The van der Waals surface area contributed by atoms with Gasteiger partial charge in [-0.25, -0.2) is 13.1 Å². The molecule has 21 heavy (non-hydrogen) atoms. The molecule has 1 saturated carbocycles. The van der Waals surface area contributed by atoms with Gasteiger partial charge in [-0.15, -0.1) is 0 Å². The number of anilines is 1. The minimum atomic E-state index is -3.77. The number of nitrogens with one attached hydrogen (secondary N) is 2. The average molecular weight is 313 g/mol. The molecular weight excluding hydrogens is 294 g/mol. The van der Waals surface area contributed by atoms with Crippen molar-refractivity contribution in [2.75, 3.05) is 12.4 Å². The predicted molar refractivity (Wildman–Crippen MR) is 79.8 cm³/mol. The number of hydrogen-bond donors (Lipinski definition) is 2. The zero-order chi connectivity index (χ0) is 15.7. The number of nitro groups is 1. The largest absolute Gasteiger partial charge is 0.383 e. The van der Waals surface area contributed by atoms with E-state index < -0.39 is 20.5 Å². The third-order valence-corrected chi connectivity index (χ3v) is 5.47. The number of benzene rings is 1. The molecule has 0 heterocycles. The molecule has 0 spiro atoms. The highest BCUT2D eigenvalue weighted by Gasteiger charge is 2.34. The second-order valence-electron chi connectivity index (χ2n) is 5.56. The summed E-state index contributed by atoms with van der Waals surface area (Å²) < 4.78 is 27.5. The lowest BCUT2D eigenvalue weighted by Crippen LogP contribution is -2.43. The van der Waals surface area contributed by atoms with Crippen molar-refractivity contribution >= 4 is 21.4 Å². The Morgan fingerprint density at radius 1 is 1.29 bits per heavy atom. The van der Waals surface area contributed by atoms with E-state index in [4.69, 9.17) is 0 Å². The monoisotopic (exact) mass is 313 g/mol. The Hall–Kier alpha value is -1.67. The summed E-state index contributed by atoms with van der Waals surface area (Å²) >= 11 is 0. The molecule has 1 aliphatic rings. The van der Waals surface area contributed by atoms with E-state index >= 15 is 0 Å². The summed E-state index contributed by atoms with van der Waals surface area (Å²) in [5, 5.41) is 13.7. The first-order chi connectivity index (χ1) is 9.77. The third kappa shape index (κ3) is 3.33. The molecule has 0 aromatic heterocycles. The van der Waals surface area contributed by atoms with Gasteiger partial charge in [-0.2, -0.15) is 0 Å². The van der Waals surface area contributed by atoms with Gasteiger partial charge in [-0.05, 0) is 31.9 Å². The fourth-order valence-electron chi connectivity index (χ4n) is 2.68. The molecule has 0 aliphatic heterocycles. The van der Waals surface area contributed by atoms with Crippen molar-refractivity contribution in [1.29, 1.82) is 0 Å². The fraction of sp³-hybridized carbons (Fsp3) is 0.538.